The van der Waals surface area contributed by atoms with E-state index in [1.165, 1.54) is 5.56 Å². The molecule has 0 aliphatic rings. The highest BCUT2D eigenvalue weighted by molar-refractivity contribution is 5.31. The second-order valence-corrected chi connectivity index (χ2v) is 5.80. The SMILES string of the molecule is COc1c(CN[C@@H](CN(C)C)c2ccccc2)c(C)nn1C. The summed E-state index contributed by atoms with van der Waals surface area (Å²) in [5.41, 5.74) is 3.41. The van der Waals surface area contributed by atoms with Crippen molar-refractivity contribution in [2.45, 2.75) is 19.5 Å². The molecule has 0 aliphatic heterocycles. The lowest BCUT2D eigenvalue weighted by Gasteiger charge is -2.23. The van der Waals surface area contributed by atoms with Crippen LogP contribution in [0.4, 0.5) is 0 Å². The van der Waals surface area contributed by atoms with Crippen molar-refractivity contribution in [1.29, 1.82) is 0 Å². The summed E-state index contributed by atoms with van der Waals surface area (Å²) in [4.78, 5) is 2.19. The summed E-state index contributed by atoms with van der Waals surface area (Å²) in [5.74, 6) is 0.821. The molecule has 0 saturated heterocycles. The molecule has 0 saturated carbocycles. The van der Waals surface area contributed by atoms with E-state index in [1.807, 2.05) is 20.0 Å². The van der Waals surface area contributed by atoms with Gasteiger partial charge in [0.2, 0.25) is 5.88 Å². The number of nitrogens with one attached hydrogen (secondary N) is 1. The van der Waals surface area contributed by atoms with Gasteiger partial charge in [-0.05, 0) is 26.6 Å². The first-order chi connectivity index (χ1) is 10.5. The molecule has 120 valence electrons. The summed E-state index contributed by atoms with van der Waals surface area (Å²) in [6.07, 6.45) is 0. The standard InChI is InChI=1S/C17H26N4O/c1-13-15(17(22-5)21(4)19-13)11-18-16(12-20(2)3)14-9-7-6-8-10-14/h6-10,16,18H,11-12H2,1-5H3/t16-/m0/s1. The Bertz CT molecular complexity index is 592. The lowest BCUT2D eigenvalue weighted by molar-refractivity contribution is 0.335. The highest BCUT2D eigenvalue weighted by Gasteiger charge is 2.17. The number of aryl methyl sites for hydroxylation is 2. The highest BCUT2D eigenvalue weighted by atomic mass is 16.5. The first-order valence-corrected chi connectivity index (χ1v) is 7.52. The van der Waals surface area contributed by atoms with Gasteiger partial charge in [0.25, 0.3) is 0 Å². The molecule has 0 fully saturated rings. The van der Waals surface area contributed by atoms with Gasteiger partial charge in [0.15, 0.2) is 0 Å². The number of likely N-dealkylation sites (N-methyl/N-ethyl adjacent to an activating group) is 1. The number of rotatable bonds is 7. The van der Waals surface area contributed by atoms with Crippen molar-refractivity contribution < 1.29 is 4.74 Å². The molecule has 1 N–H and O–H groups in total. The fourth-order valence-electron chi connectivity index (χ4n) is 2.70. The van der Waals surface area contributed by atoms with Gasteiger partial charge in [-0.3, -0.25) is 0 Å². The predicted molar refractivity (Wildman–Crippen MR) is 89.1 cm³/mol. The van der Waals surface area contributed by atoms with Gasteiger partial charge in [0.1, 0.15) is 0 Å². The lowest BCUT2D eigenvalue weighted by atomic mass is 10.1. The Morgan fingerprint density at radius 3 is 2.55 bits per heavy atom. The average molecular weight is 302 g/mol. The summed E-state index contributed by atoms with van der Waals surface area (Å²) in [6, 6.07) is 10.8. The van der Waals surface area contributed by atoms with E-state index in [-0.39, 0.29) is 6.04 Å². The van der Waals surface area contributed by atoms with E-state index in [4.69, 9.17) is 4.74 Å². The largest absolute Gasteiger partial charge is 0.481 e. The summed E-state index contributed by atoms with van der Waals surface area (Å²) in [5, 5.41) is 8.07. The van der Waals surface area contributed by atoms with E-state index in [9.17, 15) is 0 Å². The Morgan fingerprint density at radius 2 is 1.95 bits per heavy atom. The average Bonchev–Trinajstić information content (AvgIpc) is 2.77. The van der Waals surface area contributed by atoms with Crippen molar-refractivity contribution in [2.75, 3.05) is 27.7 Å². The molecular formula is C17H26N4O. The Balaban J connectivity index is 2.15. The van der Waals surface area contributed by atoms with E-state index < -0.39 is 0 Å². The molecule has 5 heteroatoms. The molecule has 1 atom stereocenters. The van der Waals surface area contributed by atoms with E-state index in [0.29, 0.717) is 0 Å². The van der Waals surface area contributed by atoms with Crippen LogP contribution in [0.15, 0.2) is 30.3 Å². The van der Waals surface area contributed by atoms with Crippen LogP contribution in [0.3, 0.4) is 0 Å². The molecule has 0 radical (unpaired) electrons. The molecule has 2 rings (SSSR count). The monoisotopic (exact) mass is 302 g/mol. The third-order valence-electron chi connectivity index (χ3n) is 3.76. The highest BCUT2D eigenvalue weighted by Crippen LogP contribution is 2.22. The summed E-state index contributed by atoms with van der Waals surface area (Å²) >= 11 is 0. The van der Waals surface area contributed by atoms with Gasteiger partial charge in [-0.2, -0.15) is 5.10 Å². The molecule has 0 amide bonds. The van der Waals surface area contributed by atoms with Crippen molar-refractivity contribution in [3.63, 3.8) is 0 Å². The third-order valence-corrected chi connectivity index (χ3v) is 3.76. The van der Waals surface area contributed by atoms with E-state index in [1.54, 1.807) is 11.8 Å². The third kappa shape index (κ3) is 3.87. The quantitative estimate of drug-likeness (QED) is 0.851. The second kappa shape index (κ2) is 7.42. The second-order valence-electron chi connectivity index (χ2n) is 5.80. The van der Waals surface area contributed by atoms with Crippen LogP contribution in [0, 0.1) is 6.92 Å². The van der Waals surface area contributed by atoms with Crippen LogP contribution in [0.5, 0.6) is 5.88 Å². The maximum Gasteiger partial charge on any atom is 0.216 e. The molecule has 0 aliphatic carbocycles. The van der Waals surface area contributed by atoms with Gasteiger partial charge in [-0.25, -0.2) is 4.68 Å². The number of hydrogen-bond donors (Lipinski definition) is 1. The van der Waals surface area contributed by atoms with Gasteiger partial charge in [0, 0.05) is 26.2 Å². The van der Waals surface area contributed by atoms with Crippen LogP contribution in [-0.2, 0) is 13.6 Å². The number of benzene rings is 1. The van der Waals surface area contributed by atoms with Crippen LogP contribution in [0.25, 0.3) is 0 Å². The van der Waals surface area contributed by atoms with Crippen LogP contribution in [-0.4, -0.2) is 42.4 Å². The minimum Gasteiger partial charge on any atom is -0.481 e. The van der Waals surface area contributed by atoms with E-state index in [2.05, 4.69) is 53.7 Å². The molecular weight excluding hydrogens is 276 g/mol. The number of nitrogens with zero attached hydrogens (tertiary/aromatic N) is 3. The fraction of sp³-hybridized carbons (Fsp3) is 0.471. The molecule has 1 heterocycles. The topological polar surface area (TPSA) is 42.3 Å². The van der Waals surface area contributed by atoms with Crippen molar-refractivity contribution in [3.05, 3.63) is 47.2 Å². The van der Waals surface area contributed by atoms with Crippen molar-refractivity contribution in [2.24, 2.45) is 7.05 Å². The predicted octanol–water partition coefficient (Wildman–Crippen LogP) is 2.13. The Kier molecular flexibility index (Phi) is 5.57. The van der Waals surface area contributed by atoms with Gasteiger partial charge in [-0.15, -0.1) is 0 Å². The van der Waals surface area contributed by atoms with Crippen molar-refractivity contribution in [1.82, 2.24) is 20.0 Å². The Labute approximate surface area is 132 Å². The van der Waals surface area contributed by atoms with Gasteiger partial charge >= 0.3 is 0 Å². The Hall–Kier alpha value is -1.85. The smallest absolute Gasteiger partial charge is 0.216 e. The normalized spacial score (nSPS) is 12.6. The maximum atomic E-state index is 5.47. The zero-order valence-corrected chi connectivity index (χ0v) is 14.1. The molecule has 1 aromatic carbocycles. The fourth-order valence-corrected chi connectivity index (χ4v) is 2.70. The zero-order chi connectivity index (χ0) is 16.1. The first kappa shape index (κ1) is 16.5. The van der Waals surface area contributed by atoms with Gasteiger partial charge in [-0.1, -0.05) is 30.3 Å². The minimum absolute atomic E-state index is 0.264. The molecule has 0 bridgehead atoms. The molecule has 22 heavy (non-hydrogen) atoms. The van der Waals surface area contributed by atoms with Crippen LogP contribution in [0.2, 0.25) is 0 Å². The van der Waals surface area contributed by atoms with Crippen molar-refractivity contribution in [3.8, 4) is 5.88 Å². The van der Waals surface area contributed by atoms with E-state index >= 15 is 0 Å². The number of methoxy groups -OCH3 is 1. The van der Waals surface area contributed by atoms with Gasteiger partial charge < -0.3 is 15.0 Å². The van der Waals surface area contributed by atoms with Crippen molar-refractivity contribution >= 4 is 0 Å². The summed E-state index contributed by atoms with van der Waals surface area (Å²) < 4.78 is 7.25. The Morgan fingerprint density at radius 1 is 1.27 bits per heavy atom. The molecule has 5 nitrogen and oxygen atoms in total. The minimum atomic E-state index is 0.264. The molecule has 0 spiro atoms. The van der Waals surface area contributed by atoms with Crippen LogP contribution >= 0.6 is 0 Å². The molecule has 0 unspecified atom stereocenters. The van der Waals surface area contributed by atoms with Crippen LogP contribution < -0.4 is 10.1 Å². The summed E-state index contributed by atoms with van der Waals surface area (Å²) in [7, 11) is 7.78. The number of hydrogen-bond acceptors (Lipinski definition) is 4. The molecule has 1 aromatic heterocycles. The maximum absolute atomic E-state index is 5.47. The molecule has 2 aromatic rings. The lowest BCUT2D eigenvalue weighted by Crippen LogP contribution is -2.31. The van der Waals surface area contributed by atoms with Crippen LogP contribution in [0.1, 0.15) is 22.9 Å². The first-order valence-electron chi connectivity index (χ1n) is 7.52. The number of ether oxygens (including phenoxy) is 1. The number of aromatic nitrogens is 2. The van der Waals surface area contributed by atoms with E-state index in [0.717, 1.165) is 30.2 Å². The zero-order valence-electron chi connectivity index (χ0n) is 14.1. The summed E-state index contributed by atoms with van der Waals surface area (Å²) in [6.45, 7) is 3.69. The van der Waals surface area contributed by atoms with Gasteiger partial charge in [0.05, 0.1) is 18.4 Å².